The summed E-state index contributed by atoms with van der Waals surface area (Å²) in [6, 6.07) is 8.37. The van der Waals surface area contributed by atoms with E-state index in [4.69, 9.17) is 16.3 Å². The molecule has 0 radical (unpaired) electrons. The number of nitrogens with zero attached hydrogens (tertiary/aromatic N) is 3. The molecule has 5 amide bonds. The summed E-state index contributed by atoms with van der Waals surface area (Å²) < 4.78 is 45.1. The minimum absolute atomic E-state index is 0.0129. The zero-order valence-corrected chi connectivity index (χ0v) is 21.2. The van der Waals surface area contributed by atoms with Gasteiger partial charge in [-0.25, -0.2) is 9.59 Å². The number of rotatable bonds is 6. The highest BCUT2D eigenvalue weighted by Gasteiger charge is 2.45. The van der Waals surface area contributed by atoms with Crippen molar-refractivity contribution in [2.45, 2.75) is 32.6 Å². The molecule has 2 saturated heterocycles. The highest BCUT2D eigenvalue weighted by atomic mass is 35.5. The number of anilines is 2. The molecule has 2 aliphatic heterocycles. The first kappa shape index (κ1) is 27.2. The lowest BCUT2D eigenvalue weighted by Gasteiger charge is -2.37. The molecule has 1 N–H and O–H groups in total. The van der Waals surface area contributed by atoms with E-state index in [2.05, 4.69) is 5.32 Å². The van der Waals surface area contributed by atoms with Gasteiger partial charge in [-0.1, -0.05) is 23.7 Å². The number of hydrogen-bond acceptors (Lipinski definition) is 5. The molecule has 4 rings (SSSR count). The minimum atomic E-state index is -4.74. The lowest BCUT2D eigenvalue weighted by molar-refractivity contribution is -0.154. The van der Waals surface area contributed by atoms with Crippen LogP contribution in [0.1, 0.15) is 25.0 Å². The Morgan fingerprint density at radius 1 is 1.05 bits per heavy atom. The normalized spacial score (nSPS) is 20.2. The number of amides is 5. The van der Waals surface area contributed by atoms with Gasteiger partial charge in [0.25, 0.3) is 0 Å². The second-order valence-electron chi connectivity index (χ2n) is 8.88. The maximum atomic E-state index is 13.4. The third-order valence-electron chi connectivity index (χ3n) is 6.22. The molecule has 2 aromatic rings. The maximum Gasteiger partial charge on any atom is 0.417 e. The van der Waals surface area contributed by atoms with Crippen molar-refractivity contribution in [3.05, 3.63) is 58.6 Å². The largest absolute Gasteiger partial charge is 0.465 e. The van der Waals surface area contributed by atoms with Gasteiger partial charge in [0, 0.05) is 24.0 Å². The summed E-state index contributed by atoms with van der Waals surface area (Å²) >= 11 is 6.00. The van der Waals surface area contributed by atoms with Crippen LogP contribution in [0.3, 0.4) is 0 Å². The van der Waals surface area contributed by atoms with Crippen molar-refractivity contribution in [2.75, 3.05) is 29.5 Å². The predicted octanol–water partition coefficient (Wildman–Crippen LogP) is 4.43. The number of carbonyl (C=O) groups is 4. The first-order chi connectivity index (χ1) is 17.9. The highest BCUT2D eigenvalue weighted by Crippen LogP contribution is 2.37. The average Bonchev–Trinajstić information content (AvgIpc) is 3.20. The first-order valence-electron chi connectivity index (χ1n) is 11.7. The summed E-state index contributed by atoms with van der Waals surface area (Å²) in [5, 5.41) is 2.13. The van der Waals surface area contributed by atoms with Crippen molar-refractivity contribution in [2.24, 2.45) is 5.92 Å². The van der Waals surface area contributed by atoms with Crippen LogP contribution in [0.15, 0.2) is 42.5 Å². The molecule has 2 aliphatic rings. The maximum absolute atomic E-state index is 13.4. The molecule has 0 saturated carbocycles. The first-order valence-corrected chi connectivity index (χ1v) is 12.1. The van der Waals surface area contributed by atoms with Gasteiger partial charge in [0.2, 0.25) is 5.91 Å². The second kappa shape index (κ2) is 10.5. The Hall–Kier alpha value is -3.80. The summed E-state index contributed by atoms with van der Waals surface area (Å²) in [5.74, 6) is -3.17. The number of hydrogen-bond donors (Lipinski definition) is 1. The number of alkyl halides is 3. The van der Waals surface area contributed by atoms with Crippen molar-refractivity contribution in [3.63, 3.8) is 0 Å². The number of imide groups is 1. The molecule has 0 bridgehead atoms. The number of ether oxygens (including phenoxy) is 1. The monoisotopic (exact) mass is 552 g/mol. The molecule has 0 aliphatic carbocycles. The number of urea groups is 2. The summed E-state index contributed by atoms with van der Waals surface area (Å²) in [4.78, 5) is 54.7. The van der Waals surface area contributed by atoms with Crippen LogP contribution >= 0.6 is 11.6 Å². The highest BCUT2D eigenvalue weighted by molar-refractivity contribution is 6.32. The summed E-state index contributed by atoms with van der Waals surface area (Å²) in [7, 11) is 0. The fourth-order valence-corrected chi connectivity index (χ4v) is 4.66. The number of nitrogens with one attached hydrogen (secondary N) is 1. The third kappa shape index (κ3) is 5.26. The van der Waals surface area contributed by atoms with E-state index in [-0.39, 0.29) is 30.8 Å². The molecule has 38 heavy (non-hydrogen) atoms. The minimum Gasteiger partial charge on any atom is -0.465 e. The molecule has 2 atom stereocenters. The average molecular weight is 553 g/mol. The fourth-order valence-electron chi connectivity index (χ4n) is 4.36. The van der Waals surface area contributed by atoms with Gasteiger partial charge in [-0.3, -0.25) is 24.3 Å². The Bertz CT molecular complexity index is 1270. The molecule has 2 aromatic carbocycles. The molecule has 202 valence electrons. The van der Waals surface area contributed by atoms with E-state index in [1.165, 1.54) is 15.9 Å². The van der Waals surface area contributed by atoms with Crippen LogP contribution < -0.4 is 15.1 Å². The van der Waals surface area contributed by atoms with E-state index in [1.807, 2.05) is 6.92 Å². The molecule has 0 aromatic heterocycles. The third-order valence-corrected chi connectivity index (χ3v) is 6.67. The van der Waals surface area contributed by atoms with Gasteiger partial charge < -0.3 is 10.1 Å². The SMILES string of the molecule is CCOC(=O)C1CN(c2ccc(N3CC(C)NC3=O)cc2)C(=O)N(Cc2cccc(C(F)(F)F)c2Cl)C1=O. The van der Waals surface area contributed by atoms with E-state index in [1.54, 1.807) is 31.2 Å². The predicted molar refractivity (Wildman–Crippen MR) is 132 cm³/mol. The van der Waals surface area contributed by atoms with Crippen molar-refractivity contribution < 1.29 is 37.1 Å². The second-order valence-corrected chi connectivity index (χ2v) is 9.25. The number of esters is 1. The van der Waals surface area contributed by atoms with E-state index in [0.29, 0.717) is 22.8 Å². The van der Waals surface area contributed by atoms with Crippen LogP contribution in [-0.4, -0.2) is 54.6 Å². The van der Waals surface area contributed by atoms with Gasteiger partial charge in [-0.05, 0) is 49.7 Å². The zero-order valence-electron chi connectivity index (χ0n) is 20.4. The van der Waals surface area contributed by atoms with Crippen LogP contribution in [0, 0.1) is 5.92 Å². The van der Waals surface area contributed by atoms with Crippen LogP contribution in [0.25, 0.3) is 0 Å². The van der Waals surface area contributed by atoms with Crippen LogP contribution in [-0.2, 0) is 27.0 Å². The van der Waals surface area contributed by atoms with Crippen molar-refractivity contribution in [3.8, 4) is 0 Å². The van der Waals surface area contributed by atoms with Crippen molar-refractivity contribution in [1.82, 2.24) is 10.2 Å². The van der Waals surface area contributed by atoms with Gasteiger partial charge in [0.05, 0.1) is 30.3 Å². The van der Waals surface area contributed by atoms with Crippen molar-refractivity contribution >= 4 is 46.9 Å². The fraction of sp³-hybridized carbons (Fsp3) is 0.360. The Morgan fingerprint density at radius 3 is 2.24 bits per heavy atom. The number of carbonyl (C=O) groups excluding carboxylic acids is 4. The standard InChI is InChI=1S/C25H24ClF3N4O5/c1-3-38-22(35)18-13-32(17-9-7-16(8-10-17)31-11-14(2)30-23(31)36)24(37)33(21(18)34)12-15-5-4-6-19(20(15)26)25(27,28)29/h4-10,14,18H,3,11-13H2,1-2H3,(H,30,36). The lowest BCUT2D eigenvalue weighted by atomic mass is 10.0. The van der Waals surface area contributed by atoms with E-state index in [9.17, 15) is 32.3 Å². The summed E-state index contributed by atoms with van der Waals surface area (Å²) in [6.45, 7) is 2.94. The molecule has 2 heterocycles. The summed E-state index contributed by atoms with van der Waals surface area (Å²) in [6.07, 6.45) is -4.74. The van der Waals surface area contributed by atoms with Crippen LogP contribution in [0.2, 0.25) is 5.02 Å². The van der Waals surface area contributed by atoms with Gasteiger partial charge in [0.15, 0.2) is 5.92 Å². The van der Waals surface area contributed by atoms with Crippen molar-refractivity contribution in [1.29, 1.82) is 0 Å². The number of halogens is 4. The molecule has 2 unspecified atom stereocenters. The Balaban J connectivity index is 1.66. The van der Waals surface area contributed by atoms with E-state index in [0.717, 1.165) is 12.1 Å². The number of benzene rings is 2. The van der Waals surface area contributed by atoms with Crippen LogP contribution in [0.4, 0.5) is 34.1 Å². The van der Waals surface area contributed by atoms with Gasteiger partial charge in [-0.2, -0.15) is 13.2 Å². The molecular formula is C25H24ClF3N4O5. The van der Waals surface area contributed by atoms with Gasteiger partial charge in [-0.15, -0.1) is 0 Å². The lowest BCUT2D eigenvalue weighted by Crippen LogP contribution is -2.58. The van der Waals surface area contributed by atoms with E-state index < -0.39 is 47.1 Å². The molecule has 0 spiro atoms. The Kier molecular flexibility index (Phi) is 7.54. The molecule has 13 heteroatoms. The molecule has 9 nitrogen and oxygen atoms in total. The van der Waals surface area contributed by atoms with E-state index >= 15 is 0 Å². The van der Waals surface area contributed by atoms with Gasteiger partial charge in [0.1, 0.15) is 0 Å². The molecule has 2 fully saturated rings. The summed E-state index contributed by atoms with van der Waals surface area (Å²) in [5.41, 5.74) is -0.334. The molecular weight excluding hydrogens is 529 g/mol. The quantitative estimate of drug-likeness (QED) is 0.422. The zero-order chi connectivity index (χ0) is 27.8. The topological polar surface area (TPSA) is 99.3 Å². The van der Waals surface area contributed by atoms with Crippen LogP contribution in [0.5, 0.6) is 0 Å². The van der Waals surface area contributed by atoms with Gasteiger partial charge >= 0.3 is 24.2 Å². The Morgan fingerprint density at radius 2 is 1.68 bits per heavy atom. The Labute approximate surface area is 221 Å². The smallest absolute Gasteiger partial charge is 0.417 e.